The van der Waals surface area contributed by atoms with Crippen LogP contribution in [0.1, 0.15) is 6.92 Å². The maximum Gasteiger partial charge on any atom is 0.422 e. The van der Waals surface area contributed by atoms with Crippen LogP contribution < -0.4 is 9.44 Å². The van der Waals surface area contributed by atoms with Gasteiger partial charge in [-0.25, -0.2) is 9.52 Å². The van der Waals surface area contributed by atoms with Crippen molar-refractivity contribution in [2.24, 2.45) is 0 Å². The summed E-state index contributed by atoms with van der Waals surface area (Å²) in [5.74, 6) is -0.535. The number of nitrogens with one attached hydrogen (secondary N) is 2. The van der Waals surface area contributed by atoms with Gasteiger partial charge in [0.2, 0.25) is 0 Å². The number of rotatable bonds is 6. The highest BCUT2D eigenvalue weighted by molar-refractivity contribution is 7.91. The van der Waals surface area contributed by atoms with Crippen LogP contribution in [-0.2, 0) is 31.0 Å². The summed E-state index contributed by atoms with van der Waals surface area (Å²) in [5.41, 5.74) is 0.0747. The van der Waals surface area contributed by atoms with Crippen molar-refractivity contribution < 1.29 is 27.5 Å². The summed E-state index contributed by atoms with van der Waals surface area (Å²) in [5, 5.41) is 3.75. The first-order valence-corrected chi connectivity index (χ1v) is 6.91. The number of amides is 1. The summed E-state index contributed by atoms with van der Waals surface area (Å²) >= 11 is 0. The van der Waals surface area contributed by atoms with Crippen LogP contribution in [0.2, 0.25) is 0 Å². The average Bonchev–Trinajstić information content (AvgIpc) is 2.74. The van der Waals surface area contributed by atoms with Crippen LogP contribution in [0.25, 0.3) is 0 Å². The van der Waals surface area contributed by atoms with E-state index >= 15 is 0 Å². The first-order chi connectivity index (χ1) is 9.36. The lowest BCUT2D eigenvalue weighted by atomic mass is 10.6. The summed E-state index contributed by atoms with van der Waals surface area (Å²) in [6.45, 7) is 1.42. The molecule has 0 aromatic carbocycles. The largest absolute Gasteiger partial charge is 0.468 e. The zero-order chi connectivity index (χ0) is 15.2. The Kier molecular flexibility index (Phi) is 5.32. The minimum atomic E-state index is -4.12. The molecule has 1 aromatic rings. The molecule has 0 aliphatic rings. The molecular weight excluding hydrogens is 292 g/mol. The van der Waals surface area contributed by atoms with Crippen LogP contribution in [0.5, 0.6) is 0 Å². The lowest BCUT2D eigenvalue weighted by molar-refractivity contribution is -0.141. The average molecular weight is 306 g/mol. The van der Waals surface area contributed by atoms with Crippen LogP contribution in [0.4, 0.5) is 10.5 Å². The van der Waals surface area contributed by atoms with Gasteiger partial charge in [-0.1, -0.05) is 0 Å². The van der Waals surface area contributed by atoms with Gasteiger partial charge < -0.3 is 9.47 Å². The van der Waals surface area contributed by atoms with E-state index < -0.39 is 22.3 Å². The number of hydrogen-bond acceptors (Lipinski definition) is 7. The first kappa shape index (κ1) is 15.8. The summed E-state index contributed by atoms with van der Waals surface area (Å²) in [7, 11) is -2.90. The molecule has 11 heteroatoms. The number of carbonyl (C=O) groups is 2. The fourth-order valence-corrected chi connectivity index (χ4v) is 1.90. The van der Waals surface area contributed by atoms with Gasteiger partial charge in [0.15, 0.2) is 0 Å². The zero-order valence-corrected chi connectivity index (χ0v) is 11.6. The molecule has 20 heavy (non-hydrogen) atoms. The molecular formula is C9H14N4O6S. The topological polar surface area (TPSA) is 129 Å². The van der Waals surface area contributed by atoms with Gasteiger partial charge in [-0.3, -0.25) is 14.2 Å². The van der Waals surface area contributed by atoms with Crippen molar-refractivity contribution >= 4 is 28.0 Å². The number of methoxy groups -OCH3 is 1. The van der Waals surface area contributed by atoms with Gasteiger partial charge in [0, 0.05) is 6.20 Å². The molecule has 0 aliphatic heterocycles. The van der Waals surface area contributed by atoms with Gasteiger partial charge in [0.05, 0.1) is 25.6 Å². The minimum Gasteiger partial charge on any atom is -0.468 e. The highest BCUT2D eigenvalue weighted by atomic mass is 32.2. The number of anilines is 1. The van der Waals surface area contributed by atoms with Gasteiger partial charge in [0.1, 0.15) is 6.54 Å². The quantitative estimate of drug-likeness (QED) is 0.675. The Morgan fingerprint density at radius 2 is 2.15 bits per heavy atom. The number of esters is 1. The van der Waals surface area contributed by atoms with Crippen molar-refractivity contribution in [2.45, 2.75) is 13.5 Å². The molecule has 0 spiro atoms. The second-order valence-corrected chi connectivity index (χ2v) is 4.85. The number of ether oxygens (including phenoxy) is 2. The van der Waals surface area contributed by atoms with Crippen LogP contribution in [0, 0.1) is 0 Å². The predicted molar refractivity (Wildman–Crippen MR) is 66.9 cm³/mol. The molecule has 1 rings (SSSR count). The van der Waals surface area contributed by atoms with Gasteiger partial charge in [0.25, 0.3) is 0 Å². The van der Waals surface area contributed by atoms with Crippen LogP contribution in [-0.4, -0.2) is 44.0 Å². The molecule has 112 valence electrons. The van der Waals surface area contributed by atoms with E-state index in [1.54, 1.807) is 4.72 Å². The molecule has 1 heterocycles. The molecule has 0 saturated heterocycles. The Morgan fingerprint density at radius 3 is 2.75 bits per heavy atom. The fourth-order valence-electron chi connectivity index (χ4n) is 1.15. The highest BCUT2D eigenvalue weighted by Gasteiger charge is 2.16. The van der Waals surface area contributed by atoms with Crippen molar-refractivity contribution in [3.8, 4) is 0 Å². The van der Waals surface area contributed by atoms with Crippen molar-refractivity contribution in [1.29, 1.82) is 0 Å². The first-order valence-electron chi connectivity index (χ1n) is 5.43. The second kappa shape index (κ2) is 6.75. The monoisotopic (exact) mass is 306 g/mol. The summed E-state index contributed by atoms with van der Waals surface area (Å²) in [6, 6.07) is 0. The zero-order valence-electron chi connectivity index (χ0n) is 10.8. The predicted octanol–water partition coefficient (Wildman–Crippen LogP) is -0.541. The third kappa shape index (κ3) is 5.14. The maximum atomic E-state index is 11.5. The smallest absolute Gasteiger partial charge is 0.422 e. The van der Waals surface area contributed by atoms with E-state index in [4.69, 9.17) is 0 Å². The number of nitrogens with zero attached hydrogens (tertiary/aromatic N) is 2. The third-order valence-corrected chi connectivity index (χ3v) is 2.84. The van der Waals surface area contributed by atoms with Crippen molar-refractivity contribution in [1.82, 2.24) is 14.5 Å². The Hall–Kier alpha value is -2.30. The third-order valence-electron chi connectivity index (χ3n) is 1.90. The van der Waals surface area contributed by atoms with Crippen LogP contribution in [0.3, 0.4) is 0 Å². The fraction of sp³-hybridized carbons (Fsp3) is 0.444. The molecule has 0 unspecified atom stereocenters. The van der Waals surface area contributed by atoms with E-state index in [0.29, 0.717) is 0 Å². The molecule has 10 nitrogen and oxygen atoms in total. The Labute approximate surface area is 115 Å². The summed E-state index contributed by atoms with van der Waals surface area (Å²) < 4.78 is 36.8. The SMILES string of the molecule is CCOC(=O)NS(=O)(=O)Nc1cnn(CC(=O)OC)c1. The molecule has 0 fully saturated rings. The standard InChI is InChI=1S/C9H14N4O6S/c1-3-19-9(15)12-20(16,17)11-7-4-10-13(5-7)6-8(14)18-2/h4-5,11H,3,6H2,1-2H3,(H,12,15). The lowest BCUT2D eigenvalue weighted by Gasteiger charge is -2.07. The van der Waals surface area contributed by atoms with Crippen molar-refractivity contribution in [2.75, 3.05) is 18.4 Å². The van der Waals surface area contributed by atoms with E-state index in [9.17, 15) is 18.0 Å². The molecule has 0 bridgehead atoms. The Balaban J connectivity index is 2.64. The van der Waals surface area contributed by atoms with Crippen LogP contribution >= 0.6 is 0 Å². The minimum absolute atomic E-state index is 0.0401. The maximum absolute atomic E-state index is 11.5. The molecule has 0 radical (unpaired) electrons. The molecule has 0 atom stereocenters. The van der Waals surface area contributed by atoms with E-state index in [1.807, 2.05) is 4.72 Å². The van der Waals surface area contributed by atoms with E-state index in [-0.39, 0.29) is 18.8 Å². The summed E-state index contributed by atoms with van der Waals surface area (Å²) in [4.78, 5) is 22.0. The highest BCUT2D eigenvalue weighted by Crippen LogP contribution is 2.06. The van der Waals surface area contributed by atoms with Gasteiger partial charge in [-0.15, -0.1) is 0 Å². The molecule has 1 amide bonds. The Bertz CT molecular complexity index is 581. The van der Waals surface area contributed by atoms with Gasteiger partial charge >= 0.3 is 22.3 Å². The molecule has 2 N–H and O–H groups in total. The normalized spacial score (nSPS) is 10.7. The number of carbonyl (C=O) groups excluding carboxylic acids is 2. The number of aromatic nitrogens is 2. The second-order valence-electron chi connectivity index (χ2n) is 3.43. The lowest BCUT2D eigenvalue weighted by Crippen LogP contribution is -2.35. The molecule has 0 aliphatic carbocycles. The van der Waals surface area contributed by atoms with E-state index in [0.717, 1.165) is 0 Å². The van der Waals surface area contributed by atoms with Crippen molar-refractivity contribution in [3.63, 3.8) is 0 Å². The van der Waals surface area contributed by atoms with Crippen LogP contribution in [0.15, 0.2) is 12.4 Å². The van der Waals surface area contributed by atoms with Gasteiger partial charge in [-0.2, -0.15) is 13.5 Å². The molecule has 1 aromatic heterocycles. The summed E-state index contributed by atoms with van der Waals surface area (Å²) in [6.07, 6.45) is 1.34. The van der Waals surface area contributed by atoms with Crippen molar-refractivity contribution in [3.05, 3.63) is 12.4 Å². The Morgan fingerprint density at radius 1 is 1.45 bits per heavy atom. The van der Waals surface area contributed by atoms with Gasteiger partial charge in [-0.05, 0) is 6.92 Å². The van der Waals surface area contributed by atoms with E-state index in [1.165, 1.54) is 31.1 Å². The number of hydrogen-bond donors (Lipinski definition) is 2. The molecule has 0 saturated carbocycles. The van der Waals surface area contributed by atoms with E-state index in [2.05, 4.69) is 14.6 Å².